The Labute approximate surface area is 92.1 Å². The van der Waals surface area contributed by atoms with Gasteiger partial charge in [0.2, 0.25) is 0 Å². The minimum atomic E-state index is 0.843. The van der Waals surface area contributed by atoms with Gasteiger partial charge in [0.15, 0.2) is 0 Å². The zero-order chi connectivity index (χ0) is 10.5. The van der Waals surface area contributed by atoms with Crippen LogP contribution in [0.15, 0.2) is 30.3 Å². The number of piperidine rings is 1. The number of rotatable bonds is 3. The molecule has 1 saturated heterocycles. The summed E-state index contributed by atoms with van der Waals surface area (Å²) in [6.07, 6.45) is 3.79. The fourth-order valence-electron chi connectivity index (χ4n) is 2.35. The predicted molar refractivity (Wildman–Crippen MR) is 65.1 cm³/mol. The highest BCUT2D eigenvalue weighted by molar-refractivity contribution is 5.46. The zero-order valence-corrected chi connectivity index (χ0v) is 9.23. The maximum Gasteiger partial charge on any atom is 0.0366 e. The van der Waals surface area contributed by atoms with Crippen molar-refractivity contribution in [3.8, 4) is 0 Å². The second-order valence-electron chi connectivity index (χ2n) is 4.34. The molecule has 1 aromatic carbocycles. The lowest BCUT2D eigenvalue weighted by Gasteiger charge is -2.33. The molecule has 82 valence electrons. The third-order valence-electron chi connectivity index (χ3n) is 3.31. The summed E-state index contributed by atoms with van der Waals surface area (Å²) in [7, 11) is 0. The second kappa shape index (κ2) is 5.17. The minimum Gasteiger partial charge on any atom is -0.372 e. The quantitative estimate of drug-likeness (QED) is 0.818. The Morgan fingerprint density at radius 1 is 1.13 bits per heavy atom. The Balaban J connectivity index is 1.88. The topological polar surface area (TPSA) is 29.3 Å². The van der Waals surface area contributed by atoms with Crippen LogP contribution in [-0.2, 0) is 0 Å². The van der Waals surface area contributed by atoms with E-state index in [2.05, 4.69) is 35.2 Å². The molecule has 2 nitrogen and oxygen atoms in total. The molecule has 2 heteroatoms. The van der Waals surface area contributed by atoms with E-state index >= 15 is 0 Å². The number of hydrogen-bond donors (Lipinski definition) is 1. The first-order chi connectivity index (χ1) is 7.40. The van der Waals surface area contributed by atoms with E-state index in [0.717, 1.165) is 12.5 Å². The molecule has 1 heterocycles. The highest BCUT2D eigenvalue weighted by Gasteiger charge is 2.18. The molecule has 0 amide bonds. The van der Waals surface area contributed by atoms with Gasteiger partial charge in [-0.2, -0.15) is 0 Å². The third kappa shape index (κ3) is 2.72. The summed E-state index contributed by atoms with van der Waals surface area (Å²) in [5.74, 6) is 0.856. The van der Waals surface area contributed by atoms with Gasteiger partial charge in [-0.15, -0.1) is 0 Å². The van der Waals surface area contributed by atoms with Crippen molar-refractivity contribution in [2.24, 2.45) is 11.7 Å². The Hall–Kier alpha value is -1.02. The van der Waals surface area contributed by atoms with E-state index in [1.807, 2.05) is 0 Å². The lowest BCUT2D eigenvalue weighted by atomic mass is 9.93. The molecule has 1 aliphatic rings. The second-order valence-corrected chi connectivity index (χ2v) is 4.34. The summed E-state index contributed by atoms with van der Waals surface area (Å²) in [6.45, 7) is 3.22. The van der Waals surface area contributed by atoms with Crippen LogP contribution in [-0.4, -0.2) is 19.6 Å². The Kier molecular flexibility index (Phi) is 3.62. The van der Waals surface area contributed by atoms with Gasteiger partial charge in [-0.25, -0.2) is 0 Å². The van der Waals surface area contributed by atoms with E-state index in [1.54, 1.807) is 0 Å². The predicted octanol–water partition coefficient (Wildman–Crippen LogP) is 2.25. The lowest BCUT2D eigenvalue weighted by Crippen LogP contribution is -2.34. The minimum absolute atomic E-state index is 0.843. The van der Waals surface area contributed by atoms with Crippen LogP contribution >= 0.6 is 0 Å². The van der Waals surface area contributed by atoms with E-state index in [1.165, 1.54) is 38.0 Å². The maximum absolute atomic E-state index is 5.59. The van der Waals surface area contributed by atoms with Gasteiger partial charge in [-0.1, -0.05) is 18.2 Å². The van der Waals surface area contributed by atoms with Crippen molar-refractivity contribution in [1.29, 1.82) is 0 Å². The molecule has 0 saturated carbocycles. The largest absolute Gasteiger partial charge is 0.372 e. The van der Waals surface area contributed by atoms with Gasteiger partial charge in [0.05, 0.1) is 0 Å². The van der Waals surface area contributed by atoms with Crippen molar-refractivity contribution >= 4 is 5.69 Å². The number of nitrogens with two attached hydrogens (primary N) is 1. The van der Waals surface area contributed by atoms with Gasteiger partial charge in [-0.05, 0) is 43.9 Å². The molecule has 0 radical (unpaired) electrons. The van der Waals surface area contributed by atoms with Crippen LogP contribution in [0.25, 0.3) is 0 Å². The molecule has 0 aliphatic carbocycles. The molecule has 0 unspecified atom stereocenters. The molecule has 0 aromatic heterocycles. The fourth-order valence-corrected chi connectivity index (χ4v) is 2.35. The van der Waals surface area contributed by atoms with Crippen molar-refractivity contribution < 1.29 is 0 Å². The summed E-state index contributed by atoms with van der Waals surface area (Å²) >= 11 is 0. The standard InChI is InChI=1S/C13H20N2/c14-9-6-12-7-10-15(11-8-12)13-4-2-1-3-5-13/h1-5,12H,6-11,14H2. The average Bonchev–Trinajstić information content (AvgIpc) is 2.32. The number of para-hydroxylation sites is 1. The molecular weight excluding hydrogens is 184 g/mol. The van der Waals surface area contributed by atoms with Crippen LogP contribution in [0.2, 0.25) is 0 Å². The van der Waals surface area contributed by atoms with Crippen LogP contribution < -0.4 is 10.6 Å². The maximum atomic E-state index is 5.59. The number of benzene rings is 1. The highest BCUT2D eigenvalue weighted by atomic mass is 15.1. The van der Waals surface area contributed by atoms with Gasteiger partial charge < -0.3 is 10.6 Å². The Bertz CT molecular complexity index is 276. The van der Waals surface area contributed by atoms with Crippen molar-refractivity contribution in [2.45, 2.75) is 19.3 Å². The fraction of sp³-hybridized carbons (Fsp3) is 0.538. The van der Waals surface area contributed by atoms with Gasteiger partial charge in [0.1, 0.15) is 0 Å². The summed E-state index contributed by atoms with van der Waals surface area (Å²) < 4.78 is 0. The molecule has 0 atom stereocenters. The average molecular weight is 204 g/mol. The number of anilines is 1. The van der Waals surface area contributed by atoms with Crippen LogP contribution in [0, 0.1) is 5.92 Å². The lowest BCUT2D eigenvalue weighted by molar-refractivity contribution is 0.386. The zero-order valence-electron chi connectivity index (χ0n) is 9.23. The van der Waals surface area contributed by atoms with Crippen LogP contribution in [0.4, 0.5) is 5.69 Å². The van der Waals surface area contributed by atoms with Crippen molar-refractivity contribution in [2.75, 3.05) is 24.5 Å². The first-order valence-corrected chi connectivity index (χ1v) is 5.90. The van der Waals surface area contributed by atoms with E-state index in [4.69, 9.17) is 5.73 Å². The van der Waals surface area contributed by atoms with Crippen LogP contribution in [0.5, 0.6) is 0 Å². The van der Waals surface area contributed by atoms with E-state index in [-0.39, 0.29) is 0 Å². The molecule has 2 rings (SSSR count). The summed E-state index contributed by atoms with van der Waals surface area (Å²) in [5, 5.41) is 0. The number of hydrogen-bond acceptors (Lipinski definition) is 2. The Morgan fingerprint density at radius 3 is 2.40 bits per heavy atom. The summed E-state index contributed by atoms with van der Waals surface area (Å²) in [4.78, 5) is 2.48. The smallest absolute Gasteiger partial charge is 0.0366 e. The molecular formula is C13H20N2. The summed E-state index contributed by atoms with van der Waals surface area (Å²) in [6, 6.07) is 10.7. The molecule has 1 fully saturated rings. The van der Waals surface area contributed by atoms with Crippen molar-refractivity contribution in [3.05, 3.63) is 30.3 Å². The SMILES string of the molecule is NCCC1CCN(c2ccccc2)CC1. The Morgan fingerprint density at radius 2 is 1.80 bits per heavy atom. The molecule has 15 heavy (non-hydrogen) atoms. The van der Waals surface area contributed by atoms with Gasteiger partial charge in [0.25, 0.3) is 0 Å². The highest BCUT2D eigenvalue weighted by Crippen LogP contribution is 2.24. The van der Waals surface area contributed by atoms with E-state index in [0.29, 0.717) is 0 Å². The van der Waals surface area contributed by atoms with Crippen molar-refractivity contribution in [3.63, 3.8) is 0 Å². The van der Waals surface area contributed by atoms with Crippen LogP contribution in [0.1, 0.15) is 19.3 Å². The molecule has 2 N–H and O–H groups in total. The van der Waals surface area contributed by atoms with Crippen molar-refractivity contribution in [1.82, 2.24) is 0 Å². The molecule has 1 aliphatic heterocycles. The van der Waals surface area contributed by atoms with Gasteiger partial charge in [-0.3, -0.25) is 0 Å². The monoisotopic (exact) mass is 204 g/mol. The molecule has 0 spiro atoms. The normalized spacial score (nSPS) is 18.1. The van der Waals surface area contributed by atoms with Gasteiger partial charge in [0, 0.05) is 18.8 Å². The molecule has 1 aromatic rings. The molecule has 0 bridgehead atoms. The van der Waals surface area contributed by atoms with E-state index < -0.39 is 0 Å². The number of nitrogens with zero attached hydrogens (tertiary/aromatic N) is 1. The third-order valence-corrected chi connectivity index (χ3v) is 3.31. The first-order valence-electron chi connectivity index (χ1n) is 5.90. The van der Waals surface area contributed by atoms with Crippen LogP contribution in [0.3, 0.4) is 0 Å². The van der Waals surface area contributed by atoms with Gasteiger partial charge >= 0.3 is 0 Å². The van der Waals surface area contributed by atoms with E-state index in [9.17, 15) is 0 Å². The first kappa shape index (κ1) is 10.5. The summed E-state index contributed by atoms with van der Waals surface area (Å²) in [5.41, 5.74) is 6.96.